The van der Waals surface area contributed by atoms with Crippen LogP contribution >= 0.6 is 0 Å². The van der Waals surface area contributed by atoms with Crippen molar-refractivity contribution in [3.63, 3.8) is 0 Å². The number of fused-ring (bicyclic) bond motifs is 1. The number of methoxy groups -OCH3 is 2. The van der Waals surface area contributed by atoms with E-state index >= 15 is 0 Å². The zero-order valence-electron chi connectivity index (χ0n) is 14.8. The number of hydrogen-bond acceptors (Lipinski definition) is 5. The van der Waals surface area contributed by atoms with Gasteiger partial charge in [-0.3, -0.25) is 9.59 Å². The summed E-state index contributed by atoms with van der Waals surface area (Å²) in [5, 5.41) is 0. The molecule has 0 radical (unpaired) electrons. The second-order valence-corrected chi connectivity index (χ2v) is 5.52. The predicted octanol–water partition coefficient (Wildman–Crippen LogP) is 3.27. The third kappa shape index (κ3) is 2.90. The lowest BCUT2D eigenvalue weighted by Gasteiger charge is -2.29. The number of anilines is 1. The van der Waals surface area contributed by atoms with E-state index in [0.717, 1.165) is 4.90 Å². The van der Waals surface area contributed by atoms with Crippen LogP contribution in [-0.4, -0.2) is 32.6 Å². The van der Waals surface area contributed by atoms with Crippen LogP contribution < -0.4 is 14.4 Å². The predicted molar refractivity (Wildman–Crippen MR) is 97.4 cm³/mol. The van der Waals surface area contributed by atoms with Crippen LogP contribution in [-0.2, 0) is 9.53 Å². The highest BCUT2D eigenvalue weighted by molar-refractivity contribution is 6.41. The second kappa shape index (κ2) is 7.31. The Hall–Kier alpha value is -3.28. The first-order chi connectivity index (χ1) is 12.6. The lowest BCUT2D eigenvalue weighted by atomic mass is 9.93. The molecular weight excluding hydrogens is 334 g/mol. The Morgan fingerprint density at radius 2 is 1.73 bits per heavy atom. The van der Waals surface area contributed by atoms with E-state index in [9.17, 15) is 9.59 Å². The number of carbonyl (C=O) groups is 2. The quantitative estimate of drug-likeness (QED) is 0.469. The topological polar surface area (TPSA) is 65.1 Å². The molecule has 0 N–H and O–H groups in total. The van der Waals surface area contributed by atoms with Gasteiger partial charge in [-0.05, 0) is 37.3 Å². The van der Waals surface area contributed by atoms with Crippen LogP contribution in [0.4, 0.5) is 5.69 Å². The highest BCUT2D eigenvalue weighted by Gasteiger charge is 2.37. The van der Waals surface area contributed by atoms with Gasteiger partial charge in [-0.15, -0.1) is 0 Å². The van der Waals surface area contributed by atoms with Gasteiger partial charge in [-0.1, -0.05) is 12.1 Å². The zero-order chi connectivity index (χ0) is 18.7. The van der Waals surface area contributed by atoms with Crippen molar-refractivity contribution in [1.29, 1.82) is 0 Å². The molecule has 0 spiro atoms. The average Bonchev–Trinajstić information content (AvgIpc) is 2.68. The van der Waals surface area contributed by atoms with Gasteiger partial charge < -0.3 is 14.2 Å². The number of nitrogens with zero attached hydrogens (tertiary/aromatic N) is 1. The third-order valence-electron chi connectivity index (χ3n) is 4.08. The normalized spacial score (nSPS) is 15.0. The Morgan fingerprint density at radius 1 is 0.962 bits per heavy atom. The molecule has 2 amide bonds. The Morgan fingerprint density at radius 3 is 2.42 bits per heavy atom. The first-order valence-electron chi connectivity index (χ1n) is 8.14. The van der Waals surface area contributed by atoms with Gasteiger partial charge in [0.2, 0.25) is 0 Å². The molecule has 0 bridgehead atoms. The van der Waals surface area contributed by atoms with Crippen LogP contribution in [0.25, 0.3) is 5.57 Å². The molecule has 1 aliphatic heterocycles. The van der Waals surface area contributed by atoms with Crippen molar-refractivity contribution in [3.8, 4) is 11.5 Å². The number of ether oxygens (including phenoxy) is 3. The first-order valence-corrected chi connectivity index (χ1v) is 8.14. The third-order valence-corrected chi connectivity index (χ3v) is 4.08. The maximum absolute atomic E-state index is 13.1. The summed E-state index contributed by atoms with van der Waals surface area (Å²) in [6, 6.07) is 11.9. The van der Waals surface area contributed by atoms with E-state index in [0.29, 0.717) is 40.5 Å². The first kappa shape index (κ1) is 17.5. The summed E-state index contributed by atoms with van der Waals surface area (Å²) in [6.07, 6.45) is 1.39. The molecule has 0 aliphatic carbocycles. The Balaban J connectivity index is 2.21. The fraction of sp³-hybridized carbons (Fsp3) is 0.200. The molecule has 0 aromatic heterocycles. The number of imide groups is 1. The molecule has 0 saturated heterocycles. The lowest BCUT2D eigenvalue weighted by Crippen LogP contribution is -2.42. The van der Waals surface area contributed by atoms with Crippen LogP contribution in [0.2, 0.25) is 0 Å². The van der Waals surface area contributed by atoms with Gasteiger partial charge >= 0.3 is 0 Å². The molecule has 0 atom stereocenters. The van der Waals surface area contributed by atoms with Gasteiger partial charge in [0.1, 0.15) is 11.5 Å². The van der Waals surface area contributed by atoms with E-state index in [4.69, 9.17) is 14.2 Å². The summed E-state index contributed by atoms with van der Waals surface area (Å²) >= 11 is 0. The number of benzene rings is 2. The average molecular weight is 353 g/mol. The van der Waals surface area contributed by atoms with Gasteiger partial charge in [0.05, 0.1) is 43.9 Å². The molecule has 2 aromatic rings. The van der Waals surface area contributed by atoms with Crippen molar-refractivity contribution < 1.29 is 23.8 Å². The highest BCUT2D eigenvalue weighted by Crippen LogP contribution is 2.37. The Kier molecular flexibility index (Phi) is 4.93. The number of amides is 2. The van der Waals surface area contributed by atoms with Crippen molar-refractivity contribution in [2.24, 2.45) is 0 Å². The molecule has 1 heterocycles. The minimum atomic E-state index is -0.467. The van der Waals surface area contributed by atoms with Crippen LogP contribution in [0.3, 0.4) is 0 Å². The van der Waals surface area contributed by atoms with E-state index in [1.54, 1.807) is 42.5 Å². The SMILES string of the molecule is CCOC=C1C(=O)N(c2ccccc2OC)C(=O)c2cc(OC)ccc21. The second-order valence-electron chi connectivity index (χ2n) is 5.52. The standard InChI is InChI=1S/C20H19NO5/c1-4-26-12-16-14-10-9-13(24-2)11-15(14)19(22)21(20(16)23)17-7-5-6-8-18(17)25-3/h5-12H,4H2,1-3H3. The maximum atomic E-state index is 13.1. The van der Waals surface area contributed by atoms with Gasteiger partial charge in [0.15, 0.2) is 0 Å². The summed E-state index contributed by atoms with van der Waals surface area (Å²) in [5.41, 5.74) is 1.55. The summed E-state index contributed by atoms with van der Waals surface area (Å²) in [5.74, 6) is 0.0474. The summed E-state index contributed by atoms with van der Waals surface area (Å²) in [4.78, 5) is 27.3. The number of para-hydroxylation sites is 2. The lowest BCUT2D eigenvalue weighted by molar-refractivity contribution is -0.113. The van der Waals surface area contributed by atoms with E-state index < -0.39 is 11.8 Å². The smallest absolute Gasteiger partial charge is 0.269 e. The van der Waals surface area contributed by atoms with Gasteiger partial charge in [-0.25, -0.2) is 4.90 Å². The fourth-order valence-electron chi connectivity index (χ4n) is 2.82. The summed E-state index contributed by atoms with van der Waals surface area (Å²) in [6.45, 7) is 2.23. The largest absolute Gasteiger partial charge is 0.501 e. The van der Waals surface area contributed by atoms with Gasteiger partial charge in [-0.2, -0.15) is 0 Å². The Labute approximate surface area is 151 Å². The van der Waals surface area contributed by atoms with Crippen LogP contribution in [0.1, 0.15) is 22.8 Å². The number of hydrogen-bond donors (Lipinski definition) is 0. The molecule has 3 rings (SSSR count). The minimum Gasteiger partial charge on any atom is -0.501 e. The van der Waals surface area contributed by atoms with E-state index in [-0.39, 0.29) is 0 Å². The fourth-order valence-corrected chi connectivity index (χ4v) is 2.82. The monoisotopic (exact) mass is 353 g/mol. The molecule has 0 fully saturated rings. The van der Waals surface area contributed by atoms with Crippen LogP contribution in [0.5, 0.6) is 11.5 Å². The molecule has 1 aliphatic rings. The van der Waals surface area contributed by atoms with Crippen molar-refractivity contribution in [2.75, 3.05) is 25.7 Å². The zero-order valence-corrected chi connectivity index (χ0v) is 14.8. The highest BCUT2D eigenvalue weighted by atomic mass is 16.5. The Bertz CT molecular complexity index is 888. The van der Waals surface area contributed by atoms with E-state index in [1.807, 2.05) is 6.92 Å². The van der Waals surface area contributed by atoms with Gasteiger partial charge in [0, 0.05) is 5.56 Å². The van der Waals surface area contributed by atoms with Crippen molar-refractivity contribution >= 4 is 23.1 Å². The molecule has 0 unspecified atom stereocenters. The van der Waals surface area contributed by atoms with E-state index in [1.165, 1.54) is 20.5 Å². The molecule has 0 saturated carbocycles. The molecule has 6 heteroatoms. The van der Waals surface area contributed by atoms with Crippen molar-refractivity contribution in [2.45, 2.75) is 6.92 Å². The molecule has 2 aromatic carbocycles. The molecule has 6 nitrogen and oxygen atoms in total. The number of rotatable bonds is 5. The van der Waals surface area contributed by atoms with Crippen LogP contribution in [0, 0.1) is 0 Å². The molecular formula is C20H19NO5. The summed E-state index contributed by atoms with van der Waals surface area (Å²) < 4.78 is 15.9. The number of carbonyl (C=O) groups excluding carboxylic acids is 2. The minimum absolute atomic E-state index is 0.301. The molecule has 26 heavy (non-hydrogen) atoms. The van der Waals surface area contributed by atoms with E-state index in [2.05, 4.69) is 0 Å². The van der Waals surface area contributed by atoms with Crippen LogP contribution in [0.15, 0.2) is 48.7 Å². The van der Waals surface area contributed by atoms with Crippen molar-refractivity contribution in [3.05, 3.63) is 59.9 Å². The molecule has 134 valence electrons. The summed E-state index contributed by atoms with van der Waals surface area (Å²) in [7, 11) is 3.01. The maximum Gasteiger partial charge on any atom is 0.269 e. The van der Waals surface area contributed by atoms with Gasteiger partial charge in [0.25, 0.3) is 11.8 Å². The van der Waals surface area contributed by atoms with Crippen molar-refractivity contribution in [1.82, 2.24) is 0 Å².